The summed E-state index contributed by atoms with van der Waals surface area (Å²) in [6.07, 6.45) is 9.10. The fourth-order valence-corrected chi connectivity index (χ4v) is 2.77. The molecule has 2 atom stereocenters. The van der Waals surface area contributed by atoms with Crippen molar-refractivity contribution in [2.45, 2.75) is 57.9 Å². The predicted octanol–water partition coefficient (Wildman–Crippen LogP) is 2.66. The van der Waals surface area contributed by atoms with E-state index in [-0.39, 0.29) is 0 Å². The lowest BCUT2D eigenvalue weighted by Crippen LogP contribution is -2.37. The summed E-state index contributed by atoms with van der Waals surface area (Å²) in [7, 11) is 2.25. The van der Waals surface area contributed by atoms with E-state index in [0.29, 0.717) is 6.61 Å². The Morgan fingerprint density at radius 2 is 1.87 bits per heavy atom. The topological polar surface area (TPSA) is 23.5 Å². The summed E-state index contributed by atoms with van der Waals surface area (Å²) in [6, 6.07) is 0.784. The van der Waals surface area contributed by atoms with Crippen LogP contribution >= 0.6 is 0 Å². The fraction of sp³-hybridized carbons (Fsp3) is 1.00. The molecule has 2 heteroatoms. The van der Waals surface area contributed by atoms with Crippen LogP contribution in [0.1, 0.15) is 51.9 Å². The van der Waals surface area contributed by atoms with Crippen molar-refractivity contribution < 1.29 is 5.11 Å². The summed E-state index contributed by atoms with van der Waals surface area (Å²) < 4.78 is 0. The minimum absolute atomic E-state index is 0.341. The second-order valence-electron chi connectivity index (χ2n) is 5.09. The summed E-state index contributed by atoms with van der Waals surface area (Å²) in [4.78, 5) is 2.52. The summed E-state index contributed by atoms with van der Waals surface area (Å²) in [5.74, 6) is 0.853. The maximum absolute atomic E-state index is 8.77. The number of unbranched alkanes of at least 4 members (excludes halogenated alkanes) is 1. The number of aliphatic hydroxyl groups is 1. The molecule has 0 saturated heterocycles. The highest BCUT2D eigenvalue weighted by Crippen LogP contribution is 2.26. The molecule has 1 rings (SSSR count). The number of rotatable bonds is 5. The van der Waals surface area contributed by atoms with Crippen molar-refractivity contribution in [3.63, 3.8) is 0 Å². The summed E-state index contributed by atoms with van der Waals surface area (Å²) in [5.41, 5.74) is 0. The van der Waals surface area contributed by atoms with Crippen LogP contribution in [-0.2, 0) is 0 Å². The second kappa shape index (κ2) is 7.24. The molecule has 0 amide bonds. The van der Waals surface area contributed by atoms with E-state index in [1.807, 2.05) is 0 Å². The van der Waals surface area contributed by atoms with Gasteiger partial charge in [0.25, 0.3) is 0 Å². The van der Waals surface area contributed by atoms with Crippen LogP contribution in [0.5, 0.6) is 0 Å². The predicted molar refractivity (Wildman–Crippen MR) is 65.0 cm³/mol. The maximum atomic E-state index is 8.77. The average molecular weight is 213 g/mol. The van der Waals surface area contributed by atoms with Gasteiger partial charge in [-0.1, -0.05) is 26.2 Å². The number of aliphatic hydroxyl groups excluding tert-OH is 1. The molecule has 0 radical (unpaired) electrons. The van der Waals surface area contributed by atoms with E-state index in [1.54, 1.807) is 0 Å². The Labute approximate surface area is 94.7 Å². The van der Waals surface area contributed by atoms with Gasteiger partial charge >= 0.3 is 0 Å². The zero-order valence-electron chi connectivity index (χ0n) is 10.4. The Kier molecular flexibility index (Phi) is 6.26. The molecule has 1 fully saturated rings. The van der Waals surface area contributed by atoms with Crippen molar-refractivity contribution in [2.24, 2.45) is 5.92 Å². The van der Waals surface area contributed by atoms with E-state index in [4.69, 9.17) is 5.11 Å². The van der Waals surface area contributed by atoms with E-state index < -0.39 is 0 Å². The van der Waals surface area contributed by atoms with Gasteiger partial charge in [0.2, 0.25) is 0 Å². The molecule has 90 valence electrons. The molecule has 1 aliphatic rings. The van der Waals surface area contributed by atoms with Crippen LogP contribution < -0.4 is 0 Å². The highest BCUT2D eigenvalue weighted by Gasteiger charge is 2.22. The van der Waals surface area contributed by atoms with E-state index >= 15 is 0 Å². The zero-order valence-corrected chi connectivity index (χ0v) is 10.4. The molecule has 0 aliphatic heterocycles. The highest BCUT2D eigenvalue weighted by atomic mass is 16.2. The lowest BCUT2D eigenvalue weighted by molar-refractivity contribution is 0.166. The Morgan fingerprint density at radius 3 is 2.60 bits per heavy atom. The lowest BCUT2D eigenvalue weighted by Gasteiger charge is -2.31. The normalized spacial score (nSPS) is 28.0. The third kappa shape index (κ3) is 4.52. The first-order valence-electron chi connectivity index (χ1n) is 6.57. The third-order valence-corrected chi connectivity index (χ3v) is 3.80. The van der Waals surface area contributed by atoms with Gasteiger partial charge in [0, 0.05) is 12.6 Å². The van der Waals surface area contributed by atoms with Crippen LogP contribution in [0.2, 0.25) is 0 Å². The van der Waals surface area contributed by atoms with E-state index in [1.165, 1.54) is 32.1 Å². The zero-order chi connectivity index (χ0) is 11.1. The standard InChI is InChI=1S/C13H27NO/c1-12-8-4-3-5-9-13(12)14(2)10-6-7-11-15/h12-13,15H,3-11H2,1-2H3. The minimum Gasteiger partial charge on any atom is -0.396 e. The van der Waals surface area contributed by atoms with Crippen LogP contribution in [-0.4, -0.2) is 36.2 Å². The molecule has 1 aliphatic carbocycles. The van der Waals surface area contributed by atoms with Gasteiger partial charge in [-0.15, -0.1) is 0 Å². The molecule has 1 saturated carbocycles. The molecule has 0 spiro atoms. The summed E-state index contributed by atoms with van der Waals surface area (Å²) in [6.45, 7) is 3.89. The Hall–Kier alpha value is -0.0800. The van der Waals surface area contributed by atoms with Crippen LogP contribution in [0, 0.1) is 5.92 Å². The third-order valence-electron chi connectivity index (χ3n) is 3.80. The lowest BCUT2D eigenvalue weighted by atomic mass is 9.95. The molecular weight excluding hydrogens is 186 g/mol. The van der Waals surface area contributed by atoms with Gasteiger partial charge in [0.1, 0.15) is 0 Å². The van der Waals surface area contributed by atoms with Crippen molar-refractivity contribution >= 4 is 0 Å². The van der Waals surface area contributed by atoms with Crippen molar-refractivity contribution in [1.82, 2.24) is 4.90 Å². The molecule has 0 aromatic rings. The quantitative estimate of drug-likeness (QED) is 0.560. The van der Waals surface area contributed by atoms with Crippen LogP contribution in [0.3, 0.4) is 0 Å². The molecule has 0 heterocycles. The smallest absolute Gasteiger partial charge is 0.0431 e. The number of nitrogens with zero attached hydrogens (tertiary/aromatic N) is 1. The average Bonchev–Trinajstić information content (AvgIpc) is 2.43. The Bertz CT molecular complexity index is 161. The SMILES string of the molecule is CC1CCCCCC1N(C)CCCCO. The fourth-order valence-electron chi connectivity index (χ4n) is 2.77. The largest absolute Gasteiger partial charge is 0.396 e. The van der Waals surface area contributed by atoms with E-state index in [2.05, 4.69) is 18.9 Å². The van der Waals surface area contributed by atoms with Crippen molar-refractivity contribution in [3.8, 4) is 0 Å². The number of hydrogen-bond acceptors (Lipinski definition) is 2. The van der Waals surface area contributed by atoms with Crippen molar-refractivity contribution in [3.05, 3.63) is 0 Å². The second-order valence-corrected chi connectivity index (χ2v) is 5.09. The molecule has 0 bridgehead atoms. The first kappa shape index (κ1) is 13.0. The first-order valence-corrected chi connectivity index (χ1v) is 6.57. The molecule has 0 aromatic carbocycles. The van der Waals surface area contributed by atoms with E-state index in [0.717, 1.165) is 31.3 Å². The molecule has 15 heavy (non-hydrogen) atoms. The van der Waals surface area contributed by atoms with Gasteiger partial charge in [-0.05, 0) is 45.2 Å². The monoisotopic (exact) mass is 213 g/mol. The van der Waals surface area contributed by atoms with Gasteiger partial charge in [-0.2, -0.15) is 0 Å². The van der Waals surface area contributed by atoms with Crippen LogP contribution in [0.4, 0.5) is 0 Å². The molecular formula is C13H27NO. The summed E-state index contributed by atoms with van der Waals surface area (Å²) in [5, 5.41) is 8.77. The van der Waals surface area contributed by atoms with Crippen LogP contribution in [0.15, 0.2) is 0 Å². The molecule has 0 aromatic heterocycles. The Balaban J connectivity index is 2.31. The minimum atomic E-state index is 0.341. The highest BCUT2D eigenvalue weighted by molar-refractivity contribution is 4.77. The van der Waals surface area contributed by atoms with Crippen molar-refractivity contribution in [2.75, 3.05) is 20.2 Å². The van der Waals surface area contributed by atoms with Crippen molar-refractivity contribution in [1.29, 1.82) is 0 Å². The summed E-state index contributed by atoms with van der Waals surface area (Å²) >= 11 is 0. The number of hydrogen-bond donors (Lipinski definition) is 1. The van der Waals surface area contributed by atoms with Gasteiger partial charge < -0.3 is 10.0 Å². The maximum Gasteiger partial charge on any atom is 0.0431 e. The van der Waals surface area contributed by atoms with Gasteiger partial charge in [0.15, 0.2) is 0 Å². The van der Waals surface area contributed by atoms with E-state index in [9.17, 15) is 0 Å². The first-order chi connectivity index (χ1) is 7.25. The van der Waals surface area contributed by atoms with Gasteiger partial charge in [-0.3, -0.25) is 0 Å². The molecule has 2 unspecified atom stereocenters. The molecule has 1 N–H and O–H groups in total. The Morgan fingerprint density at radius 1 is 1.13 bits per heavy atom. The van der Waals surface area contributed by atoms with Gasteiger partial charge in [0.05, 0.1) is 0 Å². The van der Waals surface area contributed by atoms with Gasteiger partial charge in [-0.25, -0.2) is 0 Å². The van der Waals surface area contributed by atoms with Crippen LogP contribution in [0.25, 0.3) is 0 Å². The molecule has 2 nitrogen and oxygen atoms in total.